The number of fused-ring (bicyclic) bond motifs is 2. The molecule has 102 heavy (non-hydrogen) atoms. The number of imidazole rings is 2. The first-order valence-corrected chi connectivity index (χ1v) is 32.6. The molecule has 3 amide bonds. The molecule has 0 saturated carbocycles. The van der Waals surface area contributed by atoms with Gasteiger partial charge in [-0.1, -0.05) is 79.7 Å². The second-order valence-electron chi connectivity index (χ2n) is 23.7. The number of nitrogens with two attached hydrogens (primary N) is 2. The quantitative estimate of drug-likeness (QED) is 0.0100. The lowest BCUT2D eigenvalue weighted by Gasteiger charge is -2.25. The third-order valence-corrected chi connectivity index (χ3v) is 13.5. The summed E-state index contributed by atoms with van der Waals surface area (Å²) < 4.78 is 63.6. The second-order valence-corrected chi connectivity index (χ2v) is 24.1. The number of aromatic nitrogens is 8. The molecular weight excluding hydrogens is 1340 g/mol. The Morgan fingerprint density at radius 1 is 0.549 bits per heavy atom. The van der Waals surface area contributed by atoms with Crippen molar-refractivity contribution in [3.05, 3.63) is 154 Å². The van der Waals surface area contributed by atoms with Crippen molar-refractivity contribution in [2.75, 3.05) is 80.4 Å². The Kier molecular flexibility index (Phi) is 30.2. The molecule has 34 heteroatoms. The van der Waals surface area contributed by atoms with Crippen LogP contribution in [0.15, 0.2) is 121 Å². The summed E-state index contributed by atoms with van der Waals surface area (Å²) in [5.74, 6) is -0.660. The number of nitrogens with one attached hydrogen (secondary N) is 5. The van der Waals surface area contributed by atoms with E-state index in [9.17, 15) is 39.6 Å². The van der Waals surface area contributed by atoms with Crippen LogP contribution in [0.1, 0.15) is 88.3 Å². The highest BCUT2D eigenvalue weighted by Gasteiger charge is 2.22. The fraction of sp³-hybridized carbons (Fsp3) is 0.338. The van der Waals surface area contributed by atoms with Gasteiger partial charge in [-0.05, 0) is 118 Å². The fourth-order valence-corrected chi connectivity index (χ4v) is 8.84. The van der Waals surface area contributed by atoms with Crippen molar-refractivity contribution < 1.29 is 74.9 Å². The zero-order chi connectivity index (χ0) is 74.2. The lowest BCUT2D eigenvalue weighted by atomic mass is 10.1. The van der Waals surface area contributed by atoms with Gasteiger partial charge in [0.05, 0.1) is 38.9 Å². The van der Waals surface area contributed by atoms with E-state index in [4.69, 9.17) is 57.3 Å². The van der Waals surface area contributed by atoms with Crippen LogP contribution in [0, 0.1) is 22.7 Å². The highest BCUT2D eigenvalue weighted by Crippen LogP contribution is 2.25. The van der Waals surface area contributed by atoms with Gasteiger partial charge in [0.2, 0.25) is 23.7 Å². The van der Waals surface area contributed by atoms with E-state index in [1.54, 1.807) is 90.1 Å². The number of carbonyl (C=O) groups excluding carboxylic acids is 5. The van der Waals surface area contributed by atoms with E-state index in [-0.39, 0.29) is 75.8 Å². The number of amides is 3. The summed E-state index contributed by atoms with van der Waals surface area (Å²) in [4.78, 5) is 95.6. The molecule has 0 radical (unpaired) electrons. The van der Waals surface area contributed by atoms with Crippen LogP contribution in [0.3, 0.4) is 0 Å². The number of H-pyrrole nitrogens is 2. The topological polar surface area (TPSA) is 473 Å². The van der Waals surface area contributed by atoms with Crippen molar-refractivity contribution in [3.63, 3.8) is 0 Å². The minimum atomic E-state index is -3.11. The molecule has 0 saturated heterocycles. The third-order valence-electron chi connectivity index (χ3n) is 13.5. The van der Waals surface area contributed by atoms with Crippen LogP contribution in [-0.2, 0) is 70.2 Å². The predicted octanol–water partition coefficient (Wildman–Crippen LogP) is 7.12. The first-order chi connectivity index (χ1) is 48.7. The van der Waals surface area contributed by atoms with Gasteiger partial charge in [-0.15, -0.1) is 12.6 Å². The number of benzene rings is 4. The van der Waals surface area contributed by atoms with E-state index in [0.717, 1.165) is 40.0 Å². The van der Waals surface area contributed by atoms with Crippen LogP contribution in [0.5, 0.6) is 11.8 Å². The van der Waals surface area contributed by atoms with E-state index in [2.05, 4.69) is 55.8 Å². The van der Waals surface area contributed by atoms with Crippen LogP contribution in [-0.4, -0.2) is 158 Å². The number of rotatable bonds is 29. The van der Waals surface area contributed by atoms with Gasteiger partial charge in [-0.2, -0.15) is 30.5 Å². The largest absolute Gasteiger partial charge is 0.471 e. The zero-order valence-corrected chi connectivity index (χ0v) is 57.9. The number of nitrogen functional groups attached to an aromatic ring is 2. The number of anilines is 4. The summed E-state index contributed by atoms with van der Waals surface area (Å²) in [6, 6.07) is 32.9. The van der Waals surface area contributed by atoms with Gasteiger partial charge < -0.3 is 85.5 Å². The van der Waals surface area contributed by atoms with Crippen LogP contribution in [0.2, 0.25) is 0 Å². The number of hydrogen-bond acceptors (Lipinski definition) is 28. The number of hydrogen-bond donors (Lipinski definition) is 8. The Morgan fingerprint density at radius 3 is 1.25 bits per heavy atom. The maximum absolute atomic E-state index is 12.5. The van der Waals surface area contributed by atoms with Crippen LogP contribution < -0.4 is 46.7 Å². The molecular formula is C68H79N17O16S. The smallest absolute Gasteiger partial charge is 0.425 e. The van der Waals surface area contributed by atoms with Crippen molar-refractivity contribution in [1.29, 1.82) is 10.5 Å². The monoisotopic (exact) mass is 1420 g/mol. The second kappa shape index (κ2) is 39.2. The van der Waals surface area contributed by atoms with Crippen molar-refractivity contribution in [2.24, 2.45) is 0 Å². The molecule has 0 unspecified atom stereocenters. The predicted molar refractivity (Wildman–Crippen MR) is 373 cm³/mol. The Morgan fingerprint density at radius 2 is 0.902 bits per heavy atom. The molecule has 33 nitrogen and oxygen atoms in total. The Hall–Kier alpha value is -12.4. The molecule has 0 aliphatic rings. The fourth-order valence-electron chi connectivity index (χ4n) is 8.84. The highest BCUT2D eigenvalue weighted by molar-refractivity contribution is 7.59. The van der Waals surface area contributed by atoms with Crippen molar-refractivity contribution in [2.45, 2.75) is 92.4 Å². The summed E-state index contributed by atoms with van der Waals surface area (Å²) >= 11 is 0. The maximum atomic E-state index is 12.5. The molecule has 0 fully saturated rings. The van der Waals surface area contributed by atoms with Gasteiger partial charge >= 0.3 is 40.8 Å². The average Bonchev–Trinajstić information content (AvgIpc) is 1.65. The number of nitriles is 2. The molecule has 0 aliphatic heterocycles. The normalized spacial score (nSPS) is 11.2. The molecule has 4 aromatic heterocycles. The van der Waals surface area contributed by atoms with Crippen molar-refractivity contribution in [3.8, 4) is 23.9 Å². The maximum Gasteiger partial charge on any atom is 0.425 e. The van der Waals surface area contributed by atoms with Gasteiger partial charge in [0, 0.05) is 37.6 Å². The van der Waals surface area contributed by atoms with E-state index in [1.807, 2.05) is 77.4 Å². The van der Waals surface area contributed by atoms with Crippen LogP contribution in [0.25, 0.3) is 34.5 Å². The first-order valence-electron chi connectivity index (χ1n) is 31.6. The molecule has 538 valence electrons. The van der Waals surface area contributed by atoms with Gasteiger partial charge in [0.15, 0.2) is 11.3 Å². The summed E-state index contributed by atoms with van der Waals surface area (Å²) in [6.07, 6.45) is 4.98. The summed E-state index contributed by atoms with van der Waals surface area (Å²) in [7, 11) is -3.11. The lowest BCUT2D eigenvalue weighted by molar-refractivity contribution is -0.150. The van der Waals surface area contributed by atoms with E-state index >= 15 is 0 Å². The highest BCUT2D eigenvalue weighted by atomic mass is 32.2. The number of carbonyl (C=O) groups is 5. The SMILES string of the molecule is CC(C)(C)OC(=O)/C(C#N)=C/c1ccc(N(CCO)CCOC(=O)NCc2ccc(COc3nc(N)nc4nc[nH]c34)cc2)cc1.CCCNC(=O)OCCN(CCOC(=O)NCc1ccc(COc2nc(N)nc3nc[nH]c23)cc1)c1ccc(/C=C(\C#N)C(=O)OC(C)(C)C)cc1.O=S(=O)=O. The molecule has 0 atom stereocenters. The number of ether oxygens (including phenoxy) is 7. The number of aliphatic hydroxyl groups excluding tert-OH is 1. The Labute approximate surface area is 588 Å². The molecule has 8 aromatic rings. The number of esters is 2. The first kappa shape index (κ1) is 78.6. The van der Waals surface area contributed by atoms with Crippen LogP contribution in [0.4, 0.5) is 37.7 Å². The molecule has 0 spiro atoms. The van der Waals surface area contributed by atoms with Crippen LogP contribution >= 0.6 is 0 Å². The molecule has 0 aliphatic carbocycles. The summed E-state index contributed by atoms with van der Waals surface area (Å²) in [6.45, 7) is 15.2. The summed E-state index contributed by atoms with van der Waals surface area (Å²) in [5.41, 5.74) is 18.0. The molecule has 10 N–H and O–H groups in total. The van der Waals surface area contributed by atoms with E-state index < -0.39 is 52.0 Å². The number of aromatic amines is 2. The van der Waals surface area contributed by atoms with Gasteiger partial charge in [-0.25, -0.2) is 33.9 Å². The minimum absolute atomic E-state index is 0.0418. The number of alkyl carbamates (subject to hydrolysis) is 3. The Balaban J connectivity index is 0.000000307. The van der Waals surface area contributed by atoms with Gasteiger partial charge in [0.25, 0.3) is 0 Å². The lowest BCUT2D eigenvalue weighted by Crippen LogP contribution is -2.35. The average molecular weight is 1420 g/mol. The van der Waals surface area contributed by atoms with Gasteiger partial charge in [-0.3, -0.25) is 0 Å². The van der Waals surface area contributed by atoms with Crippen molar-refractivity contribution >= 4 is 98.6 Å². The zero-order valence-electron chi connectivity index (χ0n) is 57.1. The van der Waals surface area contributed by atoms with E-state index in [0.29, 0.717) is 77.9 Å². The molecule has 4 aromatic carbocycles. The third kappa shape index (κ3) is 27.5. The number of nitrogens with zero attached hydrogens (tertiary/aromatic N) is 10. The standard InChI is InChI=1S/C36H43N9O7.C32H36N8O6.O3S/c1-5-14-39-34(47)49-17-15-45(28-12-10-24(11-13-28)19-27(20-37)32(46)52-36(2,3)4)16-18-50-35(48)40-21-25-6-8-26(9-7-25)22-51-31-29-30(42-23-41-29)43-33(38)44-31;1-32(2,3)46-29(42)24(17-33)16-21-8-10-25(11-9-21)40(12-14-41)13-15-44-31(43)35-18-22-4-6-23(7-5-22)19-45-28-26-27(37-20-36-26)38-30(34)39-28;1-4(2)3/h6-13,19,23H,5,14-18,21-22H2,1-4H3,(H,39,47)(H,40,48)(H3,38,41,42,43,44);4-11,16,20,41H,12-15,18-19H2,1-3H3,(H,35,43)(H3,34,36,37,38,39);/b27-19+;24-16+;. The minimum Gasteiger partial charge on any atom is -0.471 e. The van der Waals surface area contributed by atoms with Crippen molar-refractivity contribution in [1.82, 2.24) is 55.8 Å². The summed E-state index contributed by atoms with van der Waals surface area (Å²) in [5, 5.41) is 36.6. The van der Waals surface area contributed by atoms with E-state index in [1.165, 1.54) is 24.8 Å². The number of aliphatic hydroxyl groups is 1. The Bertz CT molecular complexity index is 4370. The molecule has 4 heterocycles. The van der Waals surface area contributed by atoms with Gasteiger partial charge in [0.1, 0.15) is 78.6 Å². The molecule has 0 bridgehead atoms. The molecule has 8 rings (SSSR count).